The number of carboxylic acids is 1. The summed E-state index contributed by atoms with van der Waals surface area (Å²) in [7, 11) is 3.10. The summed E-state index contributed by atoms with van der Waals surface area (Å²) in [4.78, 5) is 39.9. The van der Waals surface area contributed by atoms with Crippen LogP contribution in [0.25, 0.3) is 0 Å². The molecule has 26 heavy (non-hydrogen) atoms. The van der Waals surface area contributed by atoms with Gasteiger partial charge in [0.2, 0.25) is 5.91 Å². The van der Waals surface area contributed by atoms with Crippen LogP contribution in [-0.2, 0) is 14.3 Å². The summed E-state index contributed by atoms with van der Waals surface area (Å²) < 4.78 is 5.42. The molecule has 2 aliphatic carbocycles. The minimum Gasteiger partial charge on any atom is -0.479 e. The summed E-state index contributed by atoms with van der Waals surface area (Å²) in [6.45, 7) is 5.34. The molecule has 2 aliphatic rings. The molecule has 148 valence electrons. The van der Waals surface area contributed by atoms with Crippen molar-refractivity contribution in [2.45, 2.75) is 82.9 Å². The molecule has 0 radical (unpaired) electrons. The number of aliphatic carboxylic acids is 1. The molecule has 0 spiro atoms. The van der Waals surface area contributed by atoms with Crippen LogP contribution in [0.4, 0.5) is 4.79 Å². The Morgan fingerprint density at radius 3 is 2.12 bits per heavy atom. The predicted molar refractivity (Wildman–Crippen MR) is 96.7 cm³/mol. The fourth-order valence-corrected chi connectivity index (χ4v) is 3.69. The molecule has 0 heterocycles. The minimum atomic E-state index is -1.11. The lowest BCUT2D eigenvalue weighted by atomic mass is 9.96. The lowest BCUT2D eigenvalue weighted by molar-refractivity contribution is -0.153. The van der Waals surface area contributed by atoms with Crippen LogP contribution in [0.5, 0.6) is 0 Å². The van der Waals surface area contributed by atoms with Crippen molar-refractivity contribution in [3.05, 3.63) is 0 Å². The highest BCUT2D eigenvalue weighted by molar-refractivity contribution is 5.92. The van der Waals surface area contributed by atoms with Crippen LogP contribution in [0.3, 0.4) is 0 Å². The van der Waals surface area contributed by atoms with E-state index in [2.05, 4.69) is 0 Å². The minimum absolute atomic E-state index is 0.315. The van der Waals surface area contributed by atoms with Gasteiger partial charge in [0.05, 0.1) is 0 Å². The van der Waals surface area contributed by atoms with Gasteiger partial charge in [0.25, 0.3) is 0 Å². The van der Waals surface area contributed by atoms with Gasteiger partial charge in [-0.15, -0.1) is 0 Å². The van der Waals surface area contributed by atoms with Crippen LogP contribution in [0.2, 0.25) is 0 Å². The molecule has 0 aromatic carbocycles. The third-order valence-corrected chi connectivity index (χ3v) is 5.56. The van der Waals surface area contributed by atoms with Crippen molar-refractivity contribution in [3.8, 4) is 0 Å². The SMILES string of the molecule is CN(C(=O)OC(C)(C)C)C(CC1CCCC1)C(=O)N(C)C1(C(=O)O)CC1. The standard InChI is InChI=1S/C19H32N2O5/c1-18(2,3)26-17(25)20(4)14(12-13-8-6-7-9-13)15(22)21(5)19(10-11-19)16(23)24/h13-14H,6-12H2,1-5H3,(H,23,24). The molecule has 1 atom stereocenters. The van der Waals surface area contributed by atoms with E-state index in [1.807, 2.05) is 0 Å². The number of ether oxygens (including phenoxy) is 1. The summed E-state index contributed by atoms with van der Waals surface area (Å²) >= 11 is 0. The van der Waals surface area contributed by atoms with Gasteiger partial charge in [-0.25, -0.2) is 9.59 Å². The van der Waals surface area contributed by atoms with Crippen molar-refractivity contribution >= 4 is 18.0 Å². The summed E-state index contributed by atoms with van der Waals surface area (Å²) in [5.41, 5.74) is -1.77. The molecule has 7 heteroatoms. The number of rotatable bonds is 6. The first kappa shape index (κ1) is 20.5. The van der Waals surface area contributed by atoms with E-state index in [9.17, 15) is 19.5 Å². The van der Waals surface area contributed by atoms with Gasteiger partial charge in [0.1, 0.15) is 17.2 Å². The van der Waals surface area contributed by atoms with Crippen LogP contribution < -0.4 is 0 Å². The summed E-state index contributed by atoms with van der Waals surface area (Å²) in [6, 6.07) is -0.699. The second-order valence-electron chi connectivity index (χ2n) is 8.73. The maximum atomic E-state index is 13.1. The lowest BCUT2D eigenvalue weighted by Gasteiger charge is -2.35. The number of hydrogen-bond acceptors (Lipinski definition) is 4. The van der Waals surface area contributed by atoms with Crippen LogP contribution in [0.1, 0.15) is 65.7 Å². The largest absolute Gasteiger partial charge is 0.479 e. The Balaban J connectivity index is 2.18. The van der Waals surface area contributed by atoms with E-state index in [-0.39, 0.29) is 5.91 Å². The number of likely N-dealkylation sites (N-methyl/N-ethyl adjacent to an activating group) is 2. The van der Waals surface area contributed by atoms with Crippen molar-refractivity contribution in [2.75, 3.05) is 14.1 Å². The molecular formula is C19H32N2O5. The molecular weight excluding hydrogens is 336 g/mol. The third kappa shape index (κ3) is 4.48. The van der Waals surface area contributed by atoms with Gasteiger partial charge in [-0.3, -0.25) is 9.69 Å². The van der Waals surface area contributed by atoms with Crippen LogP contribution in [0, 0.1) is 5.92 Å². The zero-order valence-electron chi connectivity index (χ0n) is 16.6. The average molecular weight is 368 g/mol. The highest BCUT2D eigenvalue weighted by Crippen LogP contribution is 2.42. The zero-order valence-corrected chi connectivity index (χ0v) is 16.6. The third-order valence-electron chi connectivity index (χ3n) is 5.56. The first-order valence-electron chi connectivity index (χ1n) is 9.45. The Hall–Kier alpha value is -1.79. The Kier molecular flexibility index (Phi) is 5.88. The Morgan fingerprint density at radius 1 is 1.15 bits per heavy atom. The van der Waals surface area contributed by atoms with E-state index in [4.69, 9.17) is 4.74 Å². The number of carbonyl (C=O) groups excluding carboxylic acids is 2. The second-order valence-corrected chi connectivity index (χ2v) is 8.73. The fourth-order valence-electron chi connectivity index (χ4n) is 3.69. The monoisotopic (exact) mass is 368 g/mol. The highest BCUT2D eigenvalue weighted by atomic mass is 16.6. The molecule has 1 unspecified atom stereocenters. The van der Waals surface area contributed by atoms with Crippen LogP contribution >= 0.6 is 0 Å². The Labute approximate surface area is 155 Å². The second kappa shape index (κ2) is 7.45. The summed E-state index contributed by atoms with van der Waals surface area (Å²) in [5, 5.41) is 9.49. The molecule has 1 N–H and O–H groups in total. The summed E-state index contributed by atoms with van der Waals surface area (Å²) in [6.07, 6.45) is 5.26. The summed E-state index contributed by atoms with van der Waals surface area (Å²) in [5.74, 6) is -0.916. The van der Waals surface area contributed by atoms with E-state index >= 15 is 0 Å². The van der Waals surface area contributed by atoms with Crippen molar-refractivity contribution in [1.82, 2.24) is 9.80 Å². The molecule has 0 saturated heterocycles. The van der Waals surface area contributed by atoms with Crippen molar-refractivity contribution < 1.29 is 24.2 Å². The molecule has 2 saturated carbocycles. The number of amides is 2. The highest BCUT2D eigenvalue weighted by Gasteiger charge is 2.56. The quantitative estimate of drug-likeness (QED) is 0.779. The van der Waals surface area contributed by atoms with Crippen molar-refractivity contribution in [1.29, 1.82) is 0 Å². The number of nitrogens with zero attached hydrogens (tertiary/aromatic N) is 2. The fraction of sp³-hybridized carbons (Fsp3) is 0.842. The zero-order chi connectivity index (χ0) is 19.7. The molecule has 2 rings (SSSR count). The number of carbonyl (C=O) groups is 3. The Morgan fingerprint density at radius 2 is 1.69 bits per heavy atom. The van der Waals surface area contributed by atoms with E-state index in [1.165, 1.54) is 16.8 Å². The van der Waals surface area contributed by atoms with Gasteiger partial charge in [0.15, 0.2) is 0 Å². The topological polar surface area (TPSA) is 87.2 Å². The Bertz CT molecular complexity index is 559. The first-order valence-corrected chi connectivity index (χ1v) is 9.45. The maximum absolute atomic E-state index is 13.1. The number of hydrogen-bond donors (Lipinski definition) is 1. The molecule has 7 nitrogen and oxygen atoms in total. The van der Waals surface area contributed by atoms with Crippen LogP contribution in [0.15, 0.2) is 0 Å². The smallest absolute Gasteiger partial charge is 0.410 e. The van der Waals surface area contributed by atoms with Gasteiger partial charge in [0, 0.05) is 14.1 Å². The average Bonchev–Trinajstić information content (AvgIpc) is 3.20. The first-order chi connectivity index (χ1) is 12.0. The van der Waals surface area contributed by atoms with Crippen LogP contribution in [-0.4, -0.2) is 64.2 Å². The van der Waals surface area contributed by atoms with Crippen molar-refractivity contribution in [2.24, 2.45) is 5.92 Å². The van der Waals surface area contributed by atoms with Gasteiger partial charge in [-0.2, -0.15) is 0 Å². The molecule has 0 aromatic heterocycles. The van der Waals surface area contributed by atoms with Gasteiger partial charge in [-0.05, 0) is 46.0 Å². The normalized spacial score (nSPS) is 20.3. The lowest BCUT2D eigenvalue weighted by Crippen LogP contribution is -2.55. The molecule has 2 amide bonds. The molecule has 0 aromatic rings. The van der Waals surface area contributed by atoms with E-state index in [1.54, 1.807) is 27.8 Å². The maximum Gasteiger partial charge on any atom is 0.410 e. The molecule has 2 fully saturated rings. The van der Waals surface area contributed by atoms with E-state index < -0.39 is 29.2 Å². The predicted octanol–water partition coefficient (Wildman–Crippen LogP) is 2.88. The number of carboxylic acid groups (broad SMARTS) is 1. The van der Waals surface area contributed by atoms with E-state index in [0.717, 1.165) is 25.7 Å². The van der Waals surface area contributed by atoms with Gasteiger partial charge in [-0.1, -0.05) is 25.7 Å². The van der Waals surface area contributed by atoms with E-state index in [0.29, 0.717) is 25.2 Å². The van der Waals surface area contributed by atoms with Crippen molar-refractivity contribution in [3.63, 3.8) is 0 Å². The van der Waals surface area contributed by atoms with Gasteiger partial charge < -0.3 is 14.7 Å². The molecule has 0 bridgehead atoms. The van der Waals surface area contributed by atoms with Gasteiger partial charge >= 0.3 is 12.1 Å². The molecule has 0 aliphatic heterocycles.